The van der Waals surface area contributed by atoms with Crippen LogP contribution in [0.5, 0.6) is 0 Å². The molecule has 3 N–H and O–H groups in total. The lowest BCUT2D eigenvalue weighted by atomic mass is 10.2. The Hall–Kier alpha value is -2.24. The van der Waals surface area contributed by atoms with Crippen molar-refractivity contribution in [2.24, 2.45) is 0 Å². The molecule has 0 aliphatic heterocycles. The van der Waals surface area contributed by atoms with Crippen LogP contribution in [0, 0.1) is 6.92 Å². The molecule has 2 rings (SSSR count). The second-order valence-electron chi connectivity index (χ2n) is 4.37. The Morgan fingerprint density at radius 1 is 1.63 bits per heavy atom. The number of hydrogen-bond acceptors (Lipinski definition) is 4. The number of nitrogen functional groups attached to an aromatic ring is 1. The molecule has 2 aromatic rings. The topological polar surface area (TPSA) is 86.1 Å². The summed E-state index contributed by atoms with van der Waals surface area (Å²) in [5.41, 5.74) is 7.39. The molecule has 0 spiro atoms. The first kappa shape index (κ1) is 13.2. The summed E-state index contributed by atoms with van der Waals surface area (Å²) in [7, 11) is 0. The van der Waals surface area contributed by atoms with Gasteiger partial charge in [-0.2, -0.15) is 5.10 Å². The van der Waals surface area contributed by atoms with Gasteiger partial charge in [-0.15, -0.1) is 0 Å². The van der Waals surface area contributed by atoms with Gasteiger partial charge in [-0.1, -0.05) is 0 Å². The molecule has 0 aliphatic carbocycles. The summed E-state index contributed by atoms with van der Waals surface area (Å²) in [5, 5.41) is 7.08. The lowest BCUT2D eigenvalue weighted by molar-refractivity contribution is 0.0925. The molecule has 2 heterocycles. The van der Waals surface area contributed by atoms with Crippen LogP contribution in [-0.2, 0) is 6.54 Å². The van der Waals surface area contributed by atoms with Crippen LogP contribution in [0.4, 0.5) is 5.69 Å². The first-order valence-electron chi connectivity index (χ1n) is 6.21. The second-order valence-corrected chi connectivity index (χ2v) is 4.37. The molecule has 0 fully saturated rings. The highest BCUT2D eigenvalue weighted by Gasteiger charge is 2.21. The van der Waals surface area contributed by atoms with Crippen LogP contribution in [0.25, 0.3) is 0 Å². The Morgan fingerprint density at radius 2 is 2.37 bits per heavy atom. The molecule has 1 unspecified atom stereocenters. The quantitative estimate of drug-likeness (QED) is 0.880. The minimum Gasteiger partial charge on any atom is -0.467 e. The summed E-state index contributed by atoms with van der Waals surface area (Å²) in [6.07, 6.45) is 1.58. The van der Waals surface area contributed by atoms with Gasteiger partial charge in [-0.25, -0.2) is 0 Å². The second kappa shape index (κ2) is 5.17. The standard InChI is InChI=1S/C13H18N4O2/c1-4-17-12(11(14)9(3)16-17)13(18)15-8(2)10-6-5-7-19-10/h5-8H,4,14H2,1-3H3,(H,15,18). The summed E-state index contributed by atoms with van der Waals surface area (Å²) >= 11 is 0. The predicted molar refractivity (Wildman–Crippen MR) is 71.6 cm³/mol. The largest absolute Gasteiger partial charge is 0.467 e. The van der Waals surface area contributed by atoms with E-state index < -0.39 is 0 Å². The van der Waals surface area contributed by atoms with E-state index >= 15 is 0 Å². The van der Waals surface area contributed by atoms with E-state index in [0.29, 0.717) is 29.4 Å². The Kier molecular flexibility index (Phi) is 3.59. The molecule has 6 heteroatoms. The summed E-state index contributed by atoms with van der Waals surface area (Å²) in [4.78, 5) is 12.3. The third kappa shape index (κ3) is 2.47. The van der Waals surface area contributed by atoms with Gasteiger partial charge in [0.2, 0.25) is 0 Å². The molecular formula is C13H18N4O2. The molecule has 0 aliphatic rings. The van der Waals surface area contributed by atoms with Crippen LogP contribution >= 0.6 is 0 Å². The lowest BCUT2D eigenvalue weighted by Gasteiger charge is -2.12. The van der Waals surface area contributed by atoms with Crippen molar-refractivity contribution in [2.75, 3.05) is 5.73 Å². The Labute approximate surface area is 111 Å². The van der Waals surface area contributed by atoms with Crippen molar-refractivity contribution in [3.63, 3.8) is 0 Å². The van der Waals surface area contributed by atoms with Gasteiger partial charge < -0.3 is 15.5 Å². The summed E-state index contributed by atoms with van der Waals surface area (Å²) in [6.45, 7) is 6.15. The normalized spacial score (nSPS) is 12.4. The van der Waals surface area contributed by atoms with Crippen molar-refractivity contribution in [1.82, 2.24) is 15.1 Å². The van der Waals surface area contributed by atoms with E-state index in [0.717, 1.165) is 0 Å². The van der Waals surface area contributed by atoms with Gasteiger partial charge >= 0.3 is 0 Å². The fourth-order valence-corrected chi connectivity index (χ4v) is 1.94. The molecule has 2 aromatic heterocycles. The van der Waals surface area contributed by atoms with E-state index in [4.69, 9.17) is 10.2 Å². The van der Waals surface area contributed by atoms with Crippen molar-refractivity contribution in [2.45, 2.75) is 33.4 Å². The third-order valence-corrected chi connectivity index (χ3v) is 3.01. The van der Waals surface area contributed by atoms with E-state index in [9.17, 15) is 4.79 Å². The van der Waals surface area contributed by atoms with E-state index in [2.05, 4.69) is 10.4 Å². The van der Waals surface area contributed by atoms with Crippen LogP contribution in [0.1, 0.15) is 41.8 Å². The van der Waals surface area contributed by atoms with Gasteiger partial charge in [0.15, 0.2) is 0 Å². The van der Waals surface area contributed by atoms with Gasteiger partial charge in [0.25, 0.3) is 5.91 Å². The number of aromatic nitrogens is 2. The SMILES string of the molecule is CCn1nc(C)c(N)c1C(=O)NC(C)c1ccco1. The highest BCUT2D eigenvalue weighted by molar-refractivity contribution is 5.98. The predicted octanol–water partition coefficient (Wildman–Crippen LogP) is 1.88. The number of hydrogen-bond donors (Lipinski definition) is 2. The maximum atomic E-state index is 12.3. The smallest absolute Gasteiger partial charge is 0.272 e. The molecule has 6 nitrogen and oxygen atoms in total. The Bertz CT molecular complexity index is 572. The van der Waals surface area contributed by atoms with Crippen LogP contribution in [0.3, 0.4) is 0 Å². The summed E-state index contributed by atoms with van der Waals surface area (Å²) in [5.74, 6) is 0.454. The maximum Gasteiger partial charge on any atom is 0.272 e. The van der Waals surface area contributed by atoms with Crippen LogP contribution in [0.15, 0.2) is 22.8 Å². The average molecular weight is 262 g/mol. The molecule has 102 valence electrons. The Morgan fingerprint density at radius 3 is 2.95 bits per heavy atom. The van der Waals surface area contributed by atoms with Crippen LogP contribution < -0.4 is 11.1 Å². The molecule has 0 saturated carbocycles. The number of nitrogens with zero attached hydrogens (tertiary/aromatic N) is 2. The highest BCUT2D eigenvalue weighted by Crippen LogP contribution is 2.18. The number of nitrogens with one attached hydrogen (secondary N) is 1. The molecule has 0 aromatic carbocycles. The van der Waals surface area contributed by atoms with Gasteiger partial charge in [0.05, 0.1) is 23.7 Å². The fraction of sp³-hybridized carbons (Fsp3) is 0.385. The Balaban J connectivity index is 2.21. The van der Waals surface area contributed by atoms with E-state index in [-0.39, 0.29) is 11.9 Å². The first-order valence-corrected chi connectivity index (χ1v) is 6.21. The fourth-order valence-electron chi connectivity index (χ4n) is 1.94. The average Bonchev–Trinajstić information content (AvgIpc) is 2.98. The minimum absolute atomic E-state index is 0.220. The third-order valence-electron chi connectivity index (χ3n) is 3.01. The molecule has 0 radical (unpaired) electrons. The molecule has 19 heavy (non-hydrogen) atoms. The number of carbonyl (C=O) groups excluding carboxylic acids is 1. The van der Waals surface area contributed by atoms with Gasteiger partial charge in [0.1, 0.15) is 11.5 Å². The van der Waals surface area contributed by atoms with Gasteiger partial charge in [-0.05, 0) is 32.9 Å². The lowest BCUT2D eigenvalue weighted by Crippen LogP contribution is -2.29. The number of anilines is 1. The van der Waals surface area contributed by atoms with E-state index in [1.807, 2.05) is 19.9 Å². The van der Waals surface area contributed by atoms with E-state index in [1.165, 1.54) is 0 Å². The molecule has 0 bridgehead atoms. The van der Waals surface area contributed by atoms with Gasteiger partial charge in [0, 0.05) is 6.54 Å². The maximum absolute atomic E-state index is 12.3. The number of furan rings is 1. The summed E-state index contributed by atoms with van der Waals surface area (Å²) < 4.78 is 6.86. The number of aryl methyl sites for hydroxylation is 2. The van der Waals surface area contributed by atoms with Crippen molar-refractivity contribution in [1.29, 1.82) is 0 Å². The van der Waals surface area contributed by atoms with Crippen molar-refractivity contribution in [3.8, 4) is 0 Å². The van der Waals surface area contributed by atoms with Gasteiger partial charge in [-0.3, -0.25) is 9.48 Å². The molecule has 0 saturated heterocycles. The zero-order valence-electron chi connectivity index (χ0n) is 11.3. The van der Waals surface area contributed by atoms with Crippen LogP contribution in [-0.4, -0.2) is 15.7 Å². The zero-order valence-corrected chi connectivity index (χ0v) is 11.3. The van der Waals surface area contributed by atoms with Crippen LogP contribution in [0.2, 0.25) is 0 Å². The van der Waals surface area contributed by atoms with E-state index in [1.54, 1.807) is 23.9 Å². The number of rotatable bonds is 4. The molecule has 1 atom stereocenters. The number of amides is 1. The number of carbonyl (C=O) groups is 1. The number of nitrogens with two attached hydrogens (primary N) is 1. The molecular weight excluding hydrogens is 244 g/mol. The molecule has 1 amide bonds. The monoisotopic (exact) mass is 262 g/mol. The minimum atomic E-state index is -0.246. The van der Waals surface area contributed by atoms with Crippen molar-refractivity contribution in [3.05, 3.63) is 35.5 Å². The van der Waals surface area contributed by atoms with Crippen molar-refractivity contribution < 1.29 is 9.21 Å². The first-order chi connectivity index (χ1) is 9.04. The highest BCUT2D eigenvalue weighted by atomic mass is 16.3. The zero-order chi connectivity index (χ0) is 14.0. The van der Waals surface area contributed by atoms with Crippen molar-refractivity contribution >= 4 is 11.6 Å². The summed E-state index contributed by atoms with van der Waals surface area (Å²) in [6, 6.07) is 3.38.